The summed E-state index contributed by atoms with van der Waals surface area (Å²) in [7, 11) is 0. The van der Waals surface area contributed by atoms with E-state index >= 15 is 0 Å². The molecule has 0 aliphatic heterocycles. The Bertz CT molecular complexity index is 507. The van der Waals surface area contributed by atoms with Crippen LogP contribution in [0.5, 0.6) is 0 Å². The molecule has 4 rings (SSSR count). The maximum Gasteiger partial charge on any atom is 0.0395 e. The highest BCUT2D eigenvalue weighted by Gasteiger charge is 2.74. The molecule has 3 saturated carbocycles. The van der Waals surface area contributed by atoms with E-state index in [1.807, 2.05) is 0 Å². The van der Waals surface area contributed by atoms with E-state index in [1.54, 1.807) is 5.57 Å². The van der Waals surface area contributed by atoms with E-state index < -0.39 is 0 Å². The second-order valence-corrected chi connectivity index (χ2v) is 6.65. The summed E-state index contributed by atoms with van der Waals surface area (Å²) in [6.07, 6.45) is 6.74. The van der Waals surface area contributed by atoms with E-state index in [0.29, 0.717) is 0 Å². The highest BCUT2D eigenvalue weighted by atomic mass is 79.9. The van der Waals surface area contributed by atoms with Crippen molar-refractivity contribution >= 4 is 15.9 Å². The van der Waals surface area contributed by atoms with E-state index in [-0.39, 0.29) is 0 Å². The minimum absolute atomic E-state index is 0.837. The van der Waals surface area contributed by atoms with Gasteiger partial charge in [0.05, 0.1) is 0 Å². The Morgan fingerprint density at radius 3 is 3.00 bits per heavy atom. The Labute approximate surface area is 110 Å². The summed E-state index contributed by atoms with van der Waals surface area (Å²) < 4.78 is 1.16. The lowest BCUT2D eigenvalue weighted by molar-refractivity contribution is 0.103. The molecule has 3 aliphatic carbocycles. The molecule has 1 aromatic carbocycles. The molecule has 3 unspecified atom stereocenters. The highest BCUT2D eigenvalue weighted by molar-refractivity contribution is 9.10. The molecule has 88 valence electrons. The zero-order valence-electron chi connectivity index (χ0n) is 9.75. The van der Waals surface area contributed by atoms with Crippen molar-refractivity contribution in [1.29, 1.82) is 0 Å². The summed E-state index contributed by atoms with van der Waals surface area (Å²) in [4.78, 5) is 0. The summed E-state index contributed by atoms with van der Waals surface area (Å²) >= 11 is 3.51. The Hall–Kier alpha value is -0.760. The quantitative estimate of drug-likeness (QED) is 0.891. The topological polar surface area (TPSA) is 12.0 Å². The van der Waals surface area contributed by atoms with Gasteiger partial charge in [0.15, 0.2) is 0 Å². The first-order chi connectivity index (χ1) is 8.29. The minimum Gasteiger partial charge on any atom is -0.387 e. The van der Waals surface area contributed by atoms with Crippen LogP contribution in [0.4, 0.5) is 0 Å². The van der Waals surface area contributed by atoms with Crippen molar-refractivity contribution in [3.05, 3.63) is 46.1 Å². The molecule has 0 saturated heterocycles. The number of halogens is 1. The van der Waals surface area contributed by atoms with Crippen LogP contribution in [0, 0.1) is 17.3 Å². The molecule has 0 bridgehead atoms. The molecule has 1 spiro atoms. The Kier molecular flexibility index (Phi) is 2.03. The van der Waals surface area contributed by atoms with Crippen molar-refractivity contribution in [3.8, 4) is 0 Å². The summed E-state index contributed by atoms with van der Waals surface area (Å²) in [5.74, 6) is 1.93. The van der Waals surface area contributed by atoms with Crippen molar-refractivity contribution in [2.75, 3.05) is 0 Å². The zero-order valence-corrected chi connectivity index (χ0v) is 11.3. The molecular formula is C15H16BrN. The van der Waals surface area contributed by atoms with Crippen LogP contribution < -0.4 is 5.32 Å². The van der Waals surface area contributed by atoms with Crippen LogP contribution in [-0.4, -0.2) is 0 Å². The molecule has 0 radical (unpaired) electrons. The largest absolute Gasteiger partial charge is 0.387 e. The average molecular weight is 290 g/mol. The third-order valence-corrected chi connectivity index (χ3v) is 5.47. The molecule has 3 fully saturated rings. The molecule has 1 aromatic rings. The van der Waals surface area contributed by atoms with Gasteiger partial charge < -0.3 is 5.32 Å². The lowest BCUT2D eigenvalue weighted by Crippen LogP contribution is -2.41. The molecule has 3 atom stereocenters. The Morgan fingerprint density at radius 1 is 1.41 bits per heavy atom. The van der Waals surface area contributed by atoms with E-state index in [4.69, 9.17) is 0 Å². The number of rotatable bonds is 3. The molecule has 3 aliphatic rings. The maximum atomic E-state index is 3.51. The van der Waals surface area contributed by atoms with Crippen LogP contribution in [0.25, 0.3) is 0 Å². The lowest BCUT2D eigenvalue weighted by atomic mass is 9.56. The molecule has 0 heterocycles. The van der Waals surface area contributed by atoms with Gasteiger partial charge in [-0.15, -0.1) is 0 Å². The molecule has 1 nitrogen and oxygen atoms in total. The van der Waals surface area contributed by atoms with Gasteiger partial charge in [-0.3, -0.25) is 0 Å². The van der Waals surface area contributed by atoms with Crippen LogP contribution in [0.15, 0.2) is 40.5 Å². The first-order valence-corrected chi connectivity index (χ1v) is 7.27. The molecule has 0 amide bonds. The van der Waals surface area contributed by atoms with Crippen molar-refractivity contribution in [2.24, 2.45) is 17.3 Å². The summed E-state index contributed by atoms with van der Waals surface area (Å²) in [5, 5.41) is 3.49. The molecule has 1 N–H and O–H groups in total. The van der Waals surface area contributed by atoms with Crippen LogP contribution in [-0.2, 0) is 6.54 Å². The van der Waals surface area contributed by atoms with Crippen molar-refractivity contribution in [1.82, 2.24) is 5.32 Å². The van der Waals surface area contributed by atoms with E-state index in [2.05, 4.69) is 51.7 Å². The van der Waals surface area contributed by atoms with Crippen LogP contribution >= 0.6 is 15.9 Å². The number of allylic oxidation sites excluding steroid dienone is 1. The number of nitrogens with one attached hydrogen (secondary N) is 1. The van der Waals surface area contributed by atoms with Gasteiger partial charge in [-0.1, -0.05) is 28.1 Å². The standard InChI is InChI=1S/C15H16BrN/c16-11-3-1-2-10(6-11)8-17-9-12-13-4-5-15(13)7-14(12)15/h1-3,6,9,13-14,17H,4-5,7-8H2/b12-9+. The molecule has 17 heavy (non-hydrogen) atoms. The average Bonchev–Trinajstić information content (AvgIpc) is 3.01. The van der Waals surface area contributed by atoms with Gasteiger partial charge in [0.2, 0.25) is 0 Å². The van der Waals surface area contributed by atoms with Gasteiger partial charge in [-0.2, -0.15) is 0 Å². The predicted octanol–water partition coefficient (Wildman–Crippen LogP) is 3.85. The molecule has 2 heteroatoms. The smallest absolute Gasteiger partial charge is 0.0395 e. The summed E-state index contributed by atoms with van der Waals surface area (Å²) in [6, 6.07) is 8.51. The fraction of sp³-hybridized carbons (Fsp3) is 0.467. The van der Waals surface area contributed by atoms with Gasteiger partial charge in [0.1, 0.15) is 0 Å². The van der Waals surface area contributed by atoms with Crippen LogP contribution in [0.1, 0.15) is 24.8 Å². The third-order valence-electron chi connectivity index (χ3n) is 4.98. The van der Waals surface area contributed by atoms with E-state index in [1.165, 1.54) is 24.8 Å². The normalized spacial score (nSPS) is 38.8. The number of benzene rings is 1. The first kappa shape index (κ1) is 10.2. The second kappa shape index (κ2) is 3.38. The Morgan fingerprint density at radius 2 is 2.35 bits per heavy atom. The van der Waals surface area contributed by atoms with Crippen molar-refractivity contribution < 1.29 is 0 Å². The number of hydrogen-bond acceptors (Lipinski definition) is 1. The van der Waals surface area contributed by atoms with Gasteiger partial charge >= 0.3 is 0 Å². The SMILES string of the molecule is Brc1cccc(CN/C=C2\C3CCC34CC24)c1. The predicted molar refractivity (Wildman–Crippen MR) is 72.3 cm³/mol. The number of hydrogen-bond donors (Lipinski definition) is 1. The van der Waals surface area contributed by atoms with Gasteiger partial charge in [-0.05, 0) is 66.0 Å². The maximum absolute atomic E-state index is 3.51. The summed E-state index contributed by atoms with van der Waals surface area (Å²) in [5.41, 5.74) is 3.89. The molecular weight excluding hydrogens is 274 g/mol. The fourth-order valence-electron chi connectivity index (χ4n) is 3.87. The lowest BCUT2D eigenvalue weighted by Gasteiger charge is -2.49. The van der Waals surface area contributed by atoms with Crippen LogP contribution in [0.3, 0.4) is 0 Å². The van der Waals surface area contributed by atoms with Gasteiger partial charge in [0, 0.05) is 11.0 Å². The first-order valence-electron chi connectivity index (χ1n) is 6.47. The second-order valence-electron chi connectivity index (χ2n) is 5.74. The van der Waals surface area contributed by atoms with Gasteiger partial charge in [0.25, 0.3) is 0 Å². The Balaban J connectivity index is 1.39. The summed E-state index contributed by atoms with van der Waals surface area (Å²) in [6.45, 7) is 0.940. The minimum atomic E-state index is 0.837. The van der Waals surface area contributed by atoms with E-state index in [9.17, 15) is 0 Å². The monoisotopic (exact) mass is 289 g/mol. The third kappa shape index (κ3) is 1.36. The fourth-order valence-corrected chi connectivity index (χ4v) is 4.32. The highest BCUT2D eigenvalue weighted by Crippen LogP contribution is 2.82. The van der Waals surface area contributed by atoms with E-state index in [0.717, 1.165) is 28.3 Å². The van der Waals surface area contributed by atoms with Gasteiger partial charge in [-0.25, -0.2) is 0 Å². The zero-order chi connectivity index (χ0) is 11.5. The molecule has 0 aromatic heterocycles. The van der Waals surface area contributed by atoms with Crippen molar-refractivity contribution in [2.45, 2.75) is 25.8 Å². The van der Waals surface area contributed by atoms with Crippen LogP contribution in [0.2, 0.25) is 0 Å². The van der Waals surface area contributed by atoms with Crippen molar-refractivity contribution in [3.63, 3.8) is 0 Å².